The number of morpholine rings is 1. The lowest BCUT2D eigenvalue weighted by atomic mass is 10.0. The molecule has 1 saturated heterocycles. The molecule has 136 valence electrons. The van der Waals surface area contributed by atoms with Gasteiger partial charge in [-0.1, -0.05) is 42.5 Å². The number of ether oxygens (including phenoxy) is 1. The third kappa shape index (κ3) is 4.25. The fourth-order valence-electron chi connectivity index (χ4n) is 3.14. The predicted molar refractivity (Wildman–Crippen MR) is 93.6 cm³/mol. The smallest absolute Gasteiger partial charge is 0.318 e. The summed E-state index contributed by atoms with van der Waals surface area (Å²) >= 11 is 0. The molecule has 1 aliphatic heterocycles. The minimum absolute atomic E-state index is 0.294. The van der Waals surface area contributed by atoms with Crippen molar-refractivity contribution in [3.8, 4) is 0 Å². The van der Waals surface area contributed by atoms with Gasteiger partial charge in [0.2, 0.25) is 5.91 Å². The van der Waals surface area contributed by atoms with Gasteiger partial charge in [-0.05, 0) is 23.3 Å². The van der Waals surface area contributed by atoms with Gasteiger partial charge in [-0.25, -0.2) is 9.18 Å². The normalized spacial score (nSPS) is 18.9. The molecule has 1 fully saturated rings. The van der Waals surface area contributed by atoms with Crippen LogP contribution >= 0.6 is 0 Å². The number of imide groups is 1. The first-order valence-electron chi connectivity index (χ1n) is 8.31. The Bertz CT molecular complexity index is 767. The van der Waals surface area contributed by atoms with Crippen LogP contribution in [0.5, 0.6) is 0 Å². The Balaban J connectivity index is 1.84. The van der Waals surface area contributed by atoms with Crippen molar-refractivity contribution in [1.29, 1.82) is 0 Å². The highest BCUT2D eigenvalue weighted by atomic mass is 19.1. The molecule has 1 aliphatic rings. The van der Waals surface area contributed by atoms with Gasteiger partial charge in [0.05, 0.1) is 12.7 Å². The van der Waals surface area contributed by atoms with Gasteiger partial charge in [0.15, 0.2) is 0 Å². The Morgan fingerprint density at radius 3 is 2.50 bits per heavy atom. The first kappa shape index (κ1) is 18.0. The first-order valence-corrected chi connectivity index (χ1v) is 8.31. The Labute approximate surface area is 150 Å². The van der Waals surface area contributed by atoms with Crippen LogP contribution in [-0.2, 0) is 9.53 Å². The van der Waals surface area contributed by atoms with Crippen LogP contribution < -0.4 is 11.1 Å². The summed E-state index contributed by atoms with van der Waals surface area (Å²) in [5, 5.41) is 2.17. The molecule has 2 atom stereocenters. The average molecular weight is 357 g/mol. The van der Waals surface area contributed by atoms with E-state index in [4.69, 9.17) is 10.5 Å². The minimum atomic E-state index is -0.890. The van der Waals surface area contributed by atoms with E-state index in [2.05, 4.69) is 5.32 Å². The van der Waals surface area contributed by atoms with Gasteiger partial charge in [0.1, 0.15) is 11.9 Å². The zero-order valence-corrected chi connectivity index (χ0v) is 14.1. The van der Waals surface area contributed by atoms with Crippen LogP contribution in [0.25, 0.3) is 0 Å². The average Bonchev–Trinajstić information content (AvgIpc) is 2.63. The lowest BCUT2D eigenvalue weighted by molar-refractivity contribution is -0.129. The number of nitrogens with one attached hydrogen (secondary N) is 1. The van der Waals surface area contributed by atoms with Crippen LogP contribution in [0.15, 0.2) is 54.6 Å². The molecule has 3 amide bonds. The molecule has 3 rings (SSSR count). The second-order valence-electron chi connectivity index (χ2n) is 6.07. The number of nitrogens with zero attached hydrogens (tertiary/aromatic N) is 1. The van der Waals surface area contributed by atoms with Crippen LogP contribution in [0.2, 0.25) is 0 Å². The Morgan fingerprint density at radius 1 is 1.15 bits per heavy atom. The van der Waals surface area contributed by atoms with Gasteiger partial charge in [-0.3, -0.25) is 15.0 Å². The minimum Gasteiger partial charge on any atom is -0.371 e. The van der Waals surface area contributed by atoms with Crippen molar-refractivity contribution in [2.75, 3.05) is 19.7 Å². The quantitative estimate of drug-likeness (QED) is 0.878. The van der Waals surface area contributed by atoms with Gasteiger partial charge in [0, 0.05) is 13.1 Å². The number of rotatable bonds is 4. The lowest BCUT2D eigenvalue weighted by Crippen LogP contribution is -2.48. The van der Waals surface area contributed by atoms with Gasteiger partial charge in [-0.2, -0.15) is 0 Å². The van der Waals surface area contributed by atoms with Gasteiger partial charge in [0.25, 0.3) is 0 Å². The van der Waals surface area contributed by atoms with Crippen molar-refractivity contribution in [2.24, 2.45) is 5.73 Å². The molecule has 0 aromatic heterocycles. The molecular weight excluding hydrogens is 337 g/mol. The number of carbonyl (C=O) groups excluding carboxylic acids is 2. The highest BCUT2D eigenvalue weighted by molar-refractivity contribution is 5.96. The second-order valence-corrected chi connectivity index (χ2v) is 6.07. The fourth-order valence-corrected chi connectivity index (χ4v) is 3.14. The maximum atomic E-state index is 13.2. The summed E-state index contributed by atoms with van der Waals surface area (Å²) in [4.78, 5) is 25.7. The zero-order valence-electron chi connectivity index (χ0n) is 14.1. The third-order valence-corrected chi connectivity index (χ3v) is 4.31. The summed E-state index contributed by atoms with van der Waals surface area (Å²) in [6, 6.07) is 13.7. The molecule has 0 spiro atoms. The molecule has 0 unspecified atom stereocenters. The number of urea groups is 1. The summed E-state index contributed by atoms with van der Waals surface area (Å²) in [5.74, 6) is -0.798. The van der Waals surface area contributed by atoms with E-state index in [1.54, 1.807) is 12.1 Å². The number of nitrogens with two attached hydrogens (primary N) is 1. The van der Waals surface area contributed by atoms with E-state index >= 15 is 0 Å². The standard InChI is InChI=1S/C19H20FN3O3/c20-15-8-6-13(7-9-15)16-12-23(10-11-26-16)17(18(24)22-19(21)25)14-4-2-1-3-5-14/h1-9,16-17H,10-12H2,(H3,21,22,24,25)/t16-,17+/m0/s1. The largest absolute Gasteiger partial charge is 0.371 e. The molecule has 0 saturated carbocycles. The molecule has 6 nitrogen and oxygen atoms in total. The summed E-state index contributed by atoms with van der Waals surface area (Å²) in [6.07, 6.45) is -0.294. The van der Waals surface area contributed by atoms with E-state index < -0.39 is 18.0 Å². The van der Waals surface area contributed by atoms with E-state index in [9.17, 15) is 14.0 Å². The van der Waals surface area contributed by atoms with Crippen molar-refractivity contribution < 1.29 is 18.7 Å². The van der Waals surface area contributed by atoms with Crippen molar-refractivity contribution in [3.63, 3.8) is 0 Å². The SMILES string of the molecule is NC(=O)NC(=O)[C@@H](c1ccccc1)N1CCO[C@H](c2ccc(F)cc2)C1. The molecule has 1 heterocycles. The van der Waals surface area contributed by atoms with Crippen LogP contribution in [-0.4, -0.2) is 36.5 Å². The number of halogens is 1. The number of benzene rings is 2. The van der Waals surface area contributed by atoms with Crippen LogP contribution in [0, 0.1) is 5.82 Å². The van der Waals surface area contributed by atoms with E-state index in [1.165, 1.54) is 12.1 Å². The van der Waals surface area contributed by atoms with E-state index in [0.717, 1.165) is 11.1 Å². The van der Waals surface area contributed by atoms with Crippen LogP contribution in [0.1, 0.15) is 23.3 Å². The summed E-state index contributed by atoms with van der Waals surface area (Å²) in [7, 11) is 0. The molecule has 26 heavy (non-hydrogen) atoms. The Morgan fingerprint density at radius 2 is 1.85 bits per heavy atom. The Kier molecular flexibility index (Phi) is 5.60. The molecule has 2 aromatic carbocycles. The monoisotopic (exact) mass is 357 g/mol. The van der Waals surface area contributed by atoms with Gasteiger partial charge < -0.3 is 10.5 Å². The molecule has 0 aliphatic carbocycles. The summed E-state index contributed by atoms with van der Waals surface area (Å²) < 4.78 is 19.0. The molecule has 0 radical (unpaired) electrons. The van der Waals surface area contributed by atoms with E-state index in [-0.39, 0.29) is 11.9 Å². The Hall–Kier alpha value is -2.77. The highest BCUT2D eigenvalue weighted by Crippen LogP contribution is 2.29. The maximum absolute atomic E-state index is 13.2. The van der Waals surface area contributed by atoms with E-state index in [0.29, 0.717) is 19.7 Å². The third-order valence-electron chi connectivity index (χ3n) is 4.31. The van der Waals surface area contributed by atoms with Gasteiger partial charge >= 0.3 is 6.03 Å². The maximum Gasteiger partial charge on any atom is 0.318 e. The number of primary amides is 1. The number of amides is 3. The molecular formula is C19H20FN3O3. The molecule has 3 N–H and O–H groups in total. The van der Waals surface area contributed by atoms with Crippen LogP contribution in [0.4, 0.5) is 9.18 Å². The first-order chi connectivity index (χ1) is 12.5. The highest BCUT2D eigenvalue weighted by Gasteiger charge is 2.33. The second kappa shape index (κ2) is 8.07. The number of hydrogen-bond donors (Lipinski definition) is 2. The topological polar surface area (TPSA) is 84.7 Å². The van der Waals surface area contributed by atoms with Gasteiger partial charge in [-0.15, -0.1) is 0 Å². The number of hydrogen-bond acceptors (Lipinski definition) is 4. The lowest BCUT2D eigenvalue weighted by Gasteiger charge is -2.37. The zero-order chi connectivity index (χ0) is 18.5. The molecule has 2 aromatic rings. The predicted octanol–water partition coefficient (Wildman–Crippen LogP) is 2.14. The van der Waals surface area contributed by atoms with Crippen molar-refractivity contribution in [1.82, 2.24) is 10.2 Å². The molecule has 7 heteroatoms. The van der Waals surface area contributed by atoms with Crippen LogP contribution in [0.3, 0.4) is 0 Å². The molecule has 0 bridgehead atoms. The number of carbonyl (C=O) groups is 2. The van der Waals surface area contributed by atoms with Crippen molar-refractivity contribution in [2.45, 2.75) is 12.1 Å². The summed E-state index contributed by atoms with van der Waals surface area (Å²) in [5.41, 5.74) is 6.71. The van der Waals surface area contributed by atoms with Crippen molar-refractivity contribution >= 4 is 11.9 Å². The summed E-state index contributed by atoms with van der Waals surface area (Å²) in [6.45, 7) is 1.36. The fraction of sp³-hybridized carbons (Fsp3) is 0.263. The van der Waals surface area contributed by atoms with Crippen molar-refractivity contribution in [3.05, 3.63) is 71.5 Å². The van der Waals surface area contributed by atoms with E-state index in [1.807, 2.05) is 35.2 Å².